The lowest BCUT2D eigenvalue weighted by Crippen LogP contribution is -1.99. The topological polar surface area (TPSA) is 43.1 Å². The van der Waals surface area contributed by atoms with Crippen molar-refractivity contribution in [3.8, 4) is 11.5 Å². The van der Waals surface area contributed by atoms with E-state index in [-0.39, 0.29) is 5.43 Å². The van der Waals surface area contributed by atoms with Gasteiger partial charge in [-0.25, -0.2) is 4.98 Å². The Hall–Kier alpha value is -1.81. The largest absolute Gasteiger partial charge is 0.453 e. The molecule has 1 heterocycles. The molecule has 2 aliphatic rings. The number of hydrogen-bond acceptors (Lipinski definition) is 4. The van der Waals surface area contributed by atoms with Crippen LogP contribution in [0.3, 0.4) is 0 Å². The molecule has 0 fully saturated rings. The Balaban J connectivity index is 2.37. The number of nitrogens with zero attached hydrogens (tertiary/aromatic N) is 1. The lowest BCUT2D eigenvalue weighted by Gasteiger charge is -2.06. The van der Waals surface area contributed by atoms with Crippen LogP contribution >= 0.6 is 11.8 Å². The molecule has 1 aromatic carbocycles. The minimum atomic E-state index is -0.0663. The number of hydrogen-bond donors (Lipinski definition) is 0. The highest BCUT2D eigenvalue weighted by Gasteiger charge is 2.09. The van der Waals surface area contributed by atoms with Crippen molar-refractivity contribution in [2.24, 2.45) is 0 Å². The van der Waals surface area contributed by atoms with E-state index < -0.39 is 0 Å². The van der Waals surface area contributed by atoms with Crippen molar-refractivity contribution in [1.82, 2.24) is 4.98 Å². The molecule has 0 saturated carbocycles. The maximum Gasteiger partial charge on any atom is 0.182 e. The molecule has 0 radical (unpaired) electrons. The summed E-state index contributed by atoms with van der Waals surface area (Å²) >= 11 is 1.64. The average Bonchev–Trinajstić information content (AvgIpc) is 2.35. The fourth-order valence-corrected chi connectivity index (χ4v) is 2.14. The van der Waals surface area contributed by atoms with E-state index >= 15 is 0 Å². The number of benzene rings is 2. The van der Waals surface area contributed by atoms with Gasteiger partial charge in [0, 0.05) is 11.0 Å². The van der Waals surface area contributed by atoms with E-state index in [1.54, 1.807) is 17.8 Å². The first kappa shape index (κ1) is 10.4. The molecule has 0 atom stereocenters. The Kier molecular flexibility index (Phi) is 2.37. The Morgan fingerprint density at radius 2 is 2.06 bits per heavy atom. The summed E-state index contributed by atoms with van der Waals surface area (Å²) < 4.78 is 5.69. The van der Waals surface area contributed by atoms with Gasteiger partial charge in [0.15, 0.2) is 16.8 Å². The van der Waals surface area contributed by atoms with Gasteiger partial charge in [-0.05, 0) is 36.6 Å². The van der Waals surface area contributed by atoms with Crippen LogP contribution in [0.4, 0.5) is 0 Å². The normalized spacial score (nSPS) is 11.1. The standard InChI is InChI=1S/C13H9NO2S/c1-17-9-3-5-11-13(7-9)16-12-6-8(15)2-4-10(12)14-11/h2-7H,1H3. The van der Waals surface area contributed by atoms with Gasteiger partial charge in [0.2, 0.25) is 0 Å². The molecule has 0 spiro atoms. The first-order valence-electron chi connectivity index (χ1n) is 5.15. The van der Waals surface area contributed by atoms with Crippen LogP contribution in [0.15, 0.2) is 50.5 Å². The highest BCUT2D eigenvalue weighted by molar-refractivity contribution is 7.98. The Labute approximate surface area is 102 Å². The Bertz CT molecular complexity index is 720. The zero-order valence-electron chi connectivity index (χ0n) is 9.14. The van der Waals surface area contributed by atoms with Crippen molar-refractivity contribution in [3.05, 3.63) is 46.6 Å². The monoisotopic (exact) mass is 243 g/mol. The highest BCUT2D eigenvalue weighted by Crippen LogP contribution is 2.26. The molecule has 17 heavy (non-hydrogen) atoms. The lowest BCUT2D eigenvalue weighted by molar-refractivity contribution is 0.611. The third kappa shape index (κ3) is 1.80. The fourth-order valence-electron chi connectivity index (χ4n) is 1.71. The molecule has 1 aromatic rings. The van der Waals surface area contributed by atoms with Crippen LogP contribution in [0.25, 0.3) is 22.6 Å². The van der Waals surface area contributed by atoms with Crippen molar-refractivity contribution in [3.63, 3.8) is 0 Å². The van der Waals surface area contributed by atoms with Crippen molar-refractivity contribution in [1.29, 1.82) is 0 Å². The molecule has 4 heteroatoms. The zero-order valence-corrected chi connectivity index (χ0v) is 9.95. The molecule has 3 nitrogen and oxygen atoms in total. The number of fused-ring (bicyclic) bond motifs is 2. The van der Waals surface area contributed by atoms with Gasteiger partial charge in [-0.1, -0.05) is 0 Å². The number of thioether (sulfide) groups is 1. The highest BCUT2D eigenvalue weighted by atomic mass is 32.2. The molecular weight excluding hydrogens is 234 g/mol. The van der Waals surface area contributed by atoms with E-state index in [1.165, 1.54) is 12.1 Å². The summed E-state index contributed by atoms with van der Waals surface area (Å²) in [4.78, 5) is 16.8. The van der Waals surface area contributed by atoms with E-state index in [2.05, 4.69) is 4.98 Å². The molecule has 84 valence electrons. The van der Waals surface area contributed by atoms with Crippen LogP contribution in [-0.4, -0.2) is 11.2 Å². The van der Waals surface area contributed by atoms with Crippen LogP contribution in [0.2, 0.25) is 0 Å². The van der Waals surface area contributed by atoms with E-state index in [0.29, 0.717) is 17.0 Å². The second kappa shape index (κ2) is 3.89. The SMILES string of the molecule is CSc1ccc2nc3ccc(=O)cc-3oc2c1. The molecule has 1 aliphatic carbocycles. The predicted molar refractivity (Wildman–Crippen MR) is 68.7 cm³/mol. The summed E-state index contributed by atoms with van der Waals surface area (Å²) in [6.07, 6.45) is 2.01. The summed E-state index contributed by atoms with van der Waals surface area (Å²) in [5.74, 6) is 0.531. The molecule has 3 rings (SSSR count). The molecule has 0 bridgehead atoms. The minimum Gasteiger partial charge on any atom is -0.453 e. The quantitative estimate of drug-likeness (QED) is 0.486. The summed E-state index contributed by atoms with van der Waals surface area (Å²) in [6, 6.07) is 10.5. The van der Waals surface area contributed by atoms with E-state index in [0.717, 1.165) is 10.4 Å². The van der Waals surface area contributed by atoms with Gasteiger partial charge in [-0.2, -0.15) is 0 Å². The first-order chi connectivity index (χ1) is 8.26. The molecular formula is C13H9NO2S. The summed E-state index contributed by atoms with van der Waals surface area (Å²) in [7, 11) is 0. The predicted octanol–water partition coefficient (Wildman–Crippen LogP) is 3.01. The van der Waals surface area contributed by atoms with Crippen LogP contribution < -0.4 is 5.43 Å². The zero-order chi connectivity index (χ0) is 11.8. The third-order valence-electron chi connectivity index (χ3n) is 2.56. The Morgan fingerprint density at radius 1 is 1.18 bits per heavy atom. The van der Waals surface area contributed by atoms with E-state index in [9.17, 15) is 4.79 Å². The van der Waals surface area contributed by atoms with Crippen LogP contribution in [0, 0.1) is 0 Å². The third-order valence-corrected chi connectivity index (χ3v) is 3.28. The summed E-state index contributed by atoms with van der Waals surface area (Å²) in [5.41, 5.74) is 2.14. The van der Waals surface area contributed by atoms with Gasteiger partial charge in [0.05, 0.1) is 0 Å². The van der Waals surface area contributed by atoms with E-state index in [1.807, 2.05) is 24.5 Å². The van der Waals surface area contributed by atoms with Crippen molar-refractivity contribution >= 4 is 22.9 Å². The maximum atomic E-state index is 11.3. The first-order valence-corrected chi connectivity index (χ1v) is 6.37. The molecule has 0 N–H and O–H groups in total. The maximum absolute atomic E-state index is 11.3. The fraction of sp³-hybridized carbons (Fsp3) is 0.0769. The number of aromatic nitrogens is 1. The lowest BCUT2D eigenvalue weighted by atomic mass is 10.2. The molecule has 0 aromatic heterocycles. The van der Waals surface area contributed by atoms with Crippen LogP contribution in [-0.2, 0) is 0 Å². The number of rotatable bonds is 1. The molecule has 0 amide bonds. The van der Waals surface area contributed by atoms with Crippen molar-refractivity contribution < 1.29 is 4.42 Å². The van der Waals surface area contributed by atoms with Crippen LogP contribution in [0.1, 0.15) is 0 Å². The van der Waals surface area contributed by atoms with Gasteiger partial charge in [-0.3, -0.25) is 4.79 Å². The summed E-state index contributed by atoms with van der Waals surface area (Å²) in [6.45, 7) is 0. The van der Waals surface area contributed by atoms with Gasteiger partial charge in [0.1, 0.15) is 11.2 Å². The average molecular weight is 243 g/mol. The molecule has 0 saturated heterocycles. The van der Waals surface area contributed by atoms with Crippen molar-refractivity contribution in [2.75, 3.05) is 6.26 Å². The van der Waals surface area contributed by atoms with Crippen molar-refractivity contribution in [2.45, 2.75) is 4.90 Å². The Morgan fingerprint density at radius 3 is 2.88 bits per heavy atom. The second-order valence-corrected chi connectivity index (χ2v) is 4.56. The van der Waals surface area contributed by atoms with Crippen LogP contribution in [0.5, 0.6) is 0 Å². The van der Waals surface area contributed by atoms with Gasteiger partial charge in [-0.15, -0.1) is 11.8 Å². The molecule has 0 unspecified atom stereocenters. The minimum absolute atomic E-state index is 0.0663. The molecule has 1 aliphatic heterocycles. The summed E-state index contributed by atoms with van der Waals surface area (Å²) in [5, 5.41) is 0. The van der Waals surface area contributed by atoms with Gasteiger partial charge >= 0.3 is 0 Å². The van der Waals surface area contributed by atoms with Gasteiger partial charge < -0.3 is 4.42 Å². The second-order valence-electron chi connectivity index (χ2n) is 3.68. The van der Waals surface area contributed by atoms with Gasteiger partial charge in [0.25, 0.3) is 0 Å². The van der Waals surface area contributed by atoms with E-state index in [4.69, 9.17) is 4.42 Å². The smallest absolute Gasteiger partial charge is 0.182 e.